The van der Waals surface area contributed by atoms with Crippen LogP contribution in [0.2, 0.25) is 0 Å². The van der Waals surface area contributed by atoms with Gasteiger partial charge in [0.2, 0.25) is 0 Å². The number of nitrogens with one attached hydrogen (secondary N) is 1. The maximum Gasteiger partial charge on any atom is 0.271 e. The van der Waals surface area contributed by atoms with Crippen molar-refractivity contribution in [1.29, 1.82) is 0 Å². The van der Waals surface area contributed by atoms with E-state index < -0.39 is 0 Å². The molecule has 0 spiro atoms. The predicted molar refractivity (Wildman–Crippen MR) is 72.3 cm³/mol. The number of hydrogen-bond acceptors (Lipinski definition) is 3. The number of carbonyl (C=O) groups is 1. The molecular weight excluding hydrogens is 238 g/mol. The van der Waals surface area contributed by atoms with Crippen molar-refractivity contribution < 1.29 is 4.79 Å². The van der Waals surface area contributed by atoms with Gasteiger partial charge in [-0.05, 0) is 37.8 Å². The topological polar surface area (TPSA) is 54.9 Å². The Labute approximate surface area is 112 Å². The number of fused-ring (bicyclic) bond motifs is 1. The van der Waals surface area contributed by atoms with Crippen LogP contribution in [-0.4, -0.2) is 22.4 Å². The summed E-state index contributed by atoms with van der Waals surface area (Å²) in [5.74, 6) is 0.863. The third kappa shape index (κ3) is 2.72. The second-order valence-electron chi connectivity index (χ2n) is 4.22. The zero-order chi connectivity index (χ0) is 13.1. The Bertz CT molecular complexity index is 591. The van der Waals surface area contributed by atoms with Crippen molar-refractivity contribution in [2.75, 3.05) is 6.54 Å². The van der Waals surface area contributed by atoms with Gasteiger partial charge in [0.1, 0.15) is 5.69 Å². The number of carbonyl (C=O) groups excluding carboxylic acids is 1. The van der Waals surface area contributed by atoms with E-state index in [0.717, 1.165) is 17.0 Å². The Morgan fingerprint density at radius 1 is 1.11 bits per heavy atom. The van der Waals surface area contributed by atoms with E-state index in [1.165, 1.54) is 6.20 Å². The molecule has 1 fully saturated rings. The van der Waals surface area contributed by atoms with E-state index in [9.17, 15) is 4.79 Å². The summed E-state index contributed by atoms with van der Waals surface area (Å²) in [5, 5.41) is 2.82. The van der Waals surface area contributed by atoms with Crippen LogP contribution in [0, 0.1) is 31.6 Å². The average molecular weight is 250 g/mol. The standard InChI is InChI=1S/C15H12N3O/c19-15(17-9-11-5-1-2-6-11)14-10-16-12-7-3-4-8-13(12)18-14/h1-8,10H,9H2,(H,17,19). The van der Waals surface area contributed by atoms with Gasteiger partial charge in [0.25, 0.3) is 5.91 Å². The fourth-order valence-corrected chi connectivity index (χ4v) is 1.87. The van der Waals surface area contributed by atoms with Crippen molar-refractivity contribution in [2.24, 2.45) is 0 Å². The van der Waals surface area contributed by atoms with Crippen molar-refractivity contribution in [2.45, 2.75) is 0 Å². The second-order valence-corrected chi connectivity index (χ2v) is 4.22. The molecule has 3 rings (SSSR count). The highest BCUT2D eigenvalue weighted by Gasteiger charge is 2.18. The number of para-hydroxylation sites is 2. The Balaban J connectivity index is 1.70. The molecule has 0 atom stereocenters. The van der Waals surface area contributed by atoms with E-state index in [1.807, 2.05) is 49.9 Å². The van der Waals surface area contributed by atoms with Crippen molar-refractivity contribution in [3.63, 3.8) is 0 Å². The van der Waals surface area contributed by atoms with Crippen molar-refractivity contribution >= 4 is 16.9 Å². The lowest BCUT2D eigenvalue weighted by molar-refractivity contribution is 0.0951. The van der Waals surface area contributed by atoms with Crippen LogP contribution >= 0.6 is 0 Å². The minimum Gasteiger partial charge on any atom is -0.350 e. The second kappa shape index (κ2) is 5.34. The van der Waals surface area contributed by atoms with E-state index >= 15 is 0 Å². The van der Waals surface area contributed by atoms with Crippen LogP contribution in [0.15, 0.2) is 30.5 Å². The molecule has 1 aliphatic rings. The highest BCUT2D eigenvalue weighted by atomic mass is 16.1. The number of nitrogens with zero attached hydrogens (tertiary/aromatic N) is 2. The molecule has 1 aromatic heterocycles. The summed E-state index contributed by atoms with van der Waals surface area (Å²) in [6.07, 6.45) is 9.32. The maximum absolute atomic E-state index is 12.0. The molecule has 1 heterocycles. The average Bonchev–Trinajstić information content (AvgIpc) is 2.97. The predicted octanol–water partition coefficient (Wildman–Crippen LogP) is 1.76. The number of rotatable bonds is 3. The quantitative estimate of drug-likeness (QED) is 0.903. The summed E-state index contributed by atoms with van der Waals surface area (Å²) in [5.41, 5.74) is 1.85. The monoisotopic (exact) mass is 250 g/mol. The molecule has 1 N–H and O–H groups in total. The van der Waals surface area contributed by atoms with Crippen LogP contribution in [0.5, 0.6) is 0 Å². The molecule has 1 aromatic carbocycles. The van der Waals surface area contributed by atoms with Crippen LogP contribution in [-0.2, 0) is 0 Å². The molecule has 1 aliphatic carbocycles. The highest BCUT2D eigenvalue weighted by Crippen LogP contribution is 2.21. The Kier molecular flexibility index (Phi) is 3.40. The van der Waals surface area contributed by atoms with Crippen molar-refractivity contribution in [1.82, 2.24) is 15.3 Å². The lowest BCUT2D eigenvalue weighted by atomic mass is 10.1. The van der Waals surface area contributed by atoms with Gasteiger partial charge in [-0.15, -0.1) is 0 Å². The first-order valence-corrected chi connectivity index (χ1v) is 6.03. The molecule has 0 unspecified atom stereocenters. The van der Waals surface area contributed by atoms with E-state index in [2.05, 4.69) is 15.3 Å². The van der Waals surface area contributed by atoms with Crippen LogP contribution in [0.3, 0.4) is 0 Å². The van der Waals surface area contributed by atoms with Crippen LogP contribution in [0.25, 0.3) is 11.0 Å². The molecule has 0 bridgehead atoms. The molecule has 0 saturated heterocycles. The molecule has 1 amide bonds. The third-order valence-electron chi connectivity index (χ3n) is 2.87. The first-order chi connectivity index (χ1) is 9.33. The van der Waals surface area contributed by atoms with Crippen LogP contribution in [0.4, 0.5) is 0 Å². The van der Waals surface area contributed by atoms with E-state index in [1.54, 1.807) is 0 Å². The van der Waals surface area contributed by atoms with Crippen molar-refractivity contribution in [3.8, 4) is 0 Å². The Hall–Kier alpha value is -1.97. The zero-order valence-electron chi connectivity index (χ0n) is 10.2. The number of amides is 1. The van der Waals surface area contributed by atoms with E-state index in [-0.39, 0.29) is 5.91 Å². The SMILES string of the molecule is O=C(NC[C]1[CH][CH][CH][CH]1)c1cnc2ccccc2n1. The lowest BCUT2D eigenvalue weighted by Crippen LogP contribution is -2.28. The number of hydrogen-bond donors (Lipinski definition) is 1. The van der Waals surface area contributed by atoms with Gasteiger partial charge in [-0.3, -0.25) is 9.78 Å². The van der Waals surface area contributed by atoms with Gasteiger partial charge in [0, 0.05) is 12.5 Å². The summed E-state index contributed by atoms with van der Waals surface area (Å²) in [6, 6.07) is 7.49. The zero-order valence-corrected chi connectivity index (χ0v) is 10.2. The van der Waals surface area contributed by atoms with Gasteiger partial charge >= 0.3 is 0 Å². The lowest BCUT2D eigenvalue weighted by Gasteiger charge is -2.09. The molecule has 4 heteroatoms. The molecule has 2 aromatic rings. The Morgan fingerprint density at radius 3 is 2.63 bits per heavy atom. The largest absolute Gasteiger partial charge is 0.350 e. The maximum atomic E-state index is 12.0. The van der Waals surface area contributed by atoms with Gasteiger partial charge in [0.15, 0.2) is 0 Å². The minimum absolute atomic E-state index is 0.209. The molecule has 1 saturated carbocycles. The summed E-state index contributed by atoms with van der Waals surface area (Å²) >= 11 is 0. The van der Waals surface area contributed by atoms with Gasteiger partial charge in [-0.1, -0.05) is 12.1 Å². The highest BCUT2D eigenvalue weighted by molar-refractivity contribution is 5.93. The number of aromatic nitrogens is 2. The molecule has 5 radical (unpaired) electrons. The van der Waals surface area contributed by atoms with E-state index in [4.69, 9.17) is 0 Å². The minimum atomic E-state index is -0.209. The molecular formula is C15H12N3O. The van der Waals surface area contributed by atoms with E-state index in [0.29, 0.717) is 12.2 Å². The van der Waals surface area contributed by atoms with Crippen LogP contribution in [0.1, 0.15) is 10.5 Å². The first-order valence-electron chi connectivity index (χ1n) is 6.03. The number of benzene rings is 1. The normalized spacial score (nSPS) is 15.8. The third-order valence-corrected chi connectivity index (χ3v) is 2.87. The van der Waals surface area contributed by atoms with Gasteiger partial charge in [0.05, 0.1) is 17.2 Å². The fourth-order valence-electron chi connectivity index (χ4n) is 1.87. The first kappa shape index (κ1) is 12.1. The van der Waals surface area contributed by atoms with Gasteiger partial charge < -0.3 is 5.32 Å². The molecule has 93 valence electrons. The van der Waals surface area contributed by atoms with Gasteiger partial charge in [-0.25, -0.2) is 4.98 Å². The Morgan fingerprint density at radius 2 is 1.84 bits per heavy atom. The summed E-state index contributed by atoms with van der Waals surface area (Å²) in [6.45, 7) is 0.500. The van der Waals surface area contributed by atoms with Gasteiger partial charge in [-0.2, -0.15) is 0 Å². The van der Waals surface area contributed by atoms with Crippen molar-refractivity contribution in [3.05, 3.63) is 67.8 Å². The van der Waals surface area contributed by atoms with Crippen LogP contribution < -0.4 is 5.32 Å². The molecule has 0 aliphatic heterocycles. The summed E-state index contributed by atoms with van der Waals surface area (Å²) < 4.78 is 0. The smallest absolute Gasteiger partial charge is 0.271 e. The summed E-state index contributed by atoms with van der Waals surface area (Å²) in [4.78, 5) is 20.5. The molecule has 4 nitrogen and oxygen atoms in total. The fraction of sp³-hybridized carbons (Fsp3) is 0.0667. The summed E-state index contributed by atoms with van der Waals surface area (Å²) in [7, 11) is 0. The molecule has 19 heavy (non-hydrogen) atoms.